The highest BCUT2D eigenvalue weighted by molar-refractivity contribution is 6.30. The van der Waals surface area contributed by atoms with Crippen LogP contribution in [0.15, 0.2) is 30.6 Å². The van der Waals surface area contributed by atoms with E-state index in [-0.39, 0.29) is 0 Å². The predicted molar refractivity (Wildman–Crippen MR) is 76.9 cm³/mol. The van der Waals surface area contributed by atoms with Gasteiger partial charge in [0.05, 0.1) is 29.1 Å². The first kappa shape index (κ1) is 14.5. The molecule has 20 heavy (non-hydrogen) atoms. The molecule has 0 atom stereocenters. The van der Waals surface area contributed by atoms with Crippen LogP contribution in [0.4, 0.5) is 0 Å². The van der Waals surface area contributed by atoms with E-state index in [2.05, 4.69) is 16.5 Å². The van der Waals surface area contributed by atoms with Crippen molar-refractivity contribution in [1.29, 1.82) is 5.26 Å². The van der Waals surface area contributed by atoms with Gasteiger partial charge in [-0.2, -0.15) is 10.4 Å². The van der Waals surface area contributed by atoms with E-state index in [0.717, 1.165) is 17.8 Å². The van der Waals surface area contributed by atoms with Gasteiger partial charge in [-0.3, -0.25) is 0 Å². The van der Waals surface area contributed by atoms with Gasteiger partial charge in [-0.1, -0.05) is 17.7 Å². The highest BCUT2D eigenvalue weighted by atomic mass is 35.5. The van der Waals surface area contributed by atoms with E-state index in [4.69, 9.17) is 16.3 Å². The summed E-state index contributed by atoms with van der Waals surface area (Å²) in [5.41, 5.74) is 2.33. The normalized spacial score (nSPS) is 10.4. The third-order valence-electron chi connectivity index (χ3n) is 2.79. The summed E-state index contributed by atoms with van der Waals surface area (Å²) in [6, 6.07) is 7.87. The minimum atomic E-state index is 0.541. The van der Waals surface area contributed by atoms with Crippen molar-refractivity contribution in [2.24, 2.45) is 0 Å². The van der Waals surface area contributed by atoms with E-state index in [0.29, 0.717) is 23.7 Å². The van der Waals surface area contributed by atoms with Gasteiger partial charge in [-0.25, -0.2) is 4.68 Å². The number of aromatic nitrogens is 2. The van der Waals surface area contributed by atoms with E-state index in [1.165, 1.54) is 0 Å². The lowest BCUT2D eigenvalue weighted by Gasteiger charge is -2.08. The van der Waals surface area contributed by atoms with Crippen LogP contribution in [0.5, 0.6) is 0 Å². The Balaban J connectivity index is 2.14. The summed E-state index contributed by atoms with van der Waals surface area (Å²) in [6.45, 7) is 2.13. The molecule has 0 aliphatic rings. The molecule has 1 N–H and O–H groups in total. The van der Waals surface area contributed by atoms with Gasteiger partial charge in [0.25, 0.3) is 0 Å². The lowest BCUT2D eigenvalue weighted by molar-refractivity contribution is 0.199. The molecule has 0 bridgehead atoms. The highest BCUT2D eigenvalue weighted by Gasteiger charge is 2.07. The van der Waals surface area contributed by atoms with Crippen molar-refractivity contribution in [1.82, 2.24) is 15.1 Å². The number of hydrogen-bond donors (Lipinski definition) is 1. The Hall–Kier alpha value is -1.87. The number of methoxy groups -OCH3 is 1. The molecule has 0 unspecified atom stereocenters. The van der Waals surface area contributed by atoms with Crippen LogP contribution in [0.2, 0.25) is 5.02 Å². The Morgan fingerprint density at radius 2 is 2.35 bits per heavy atom. The van der Waals surface area contributed by atoms with Crippen LogP contribution in [0.1, 0.15) is 11.1 Å². The van der Waals surface area contributed by atoms with E-state index >= 15 is 0 Å². The van der Waals surface area contributed by atoms with Crippen molar-refractivity contribution < 1.29 is 4.74 Å². The molecule has 2 rings (SSSR count). The van der Waals surface area contributed by atoms with Gasteiger partial charge in [0.2, 0.25) is 0 Å². The average molecular weight is 291 g/mol. The Labute approximate surface area is 122 Å². The van der Waals surface area contributed by atoms with Crippen LogP contribution >= 0.6 is 11.6 Å². The molecule has 0 spiro atoms. The van der Waals surface area contributed by atoms with Gasteiger partial charge in [0, 0.05) is 26.4 Å². The molecule has 0 fully saturated rings. The molecule has 0 amide bonds. The molecule has 0 saturated heterocycles. The first-order valence-corrected chi connectivity index (χ1v) is 6.55. The number of nitrogens with zero attached hydrogens (tertiary/aromatic N) is 3. The summed E-state index contributed by atoms with van der Waals surface area (Å²) in [4.78, 5) is 0. The minimum absolute atomic E-state index is 0.541. The van der Waals surface area contributed by atoms with Crippen molar-refractivity contribution in [3.05, 3.63) is 46.7 Å². The SMILES string of the molecule is COCCNCc1ccc(-n2cc(Cl)cn2)c(C#N)c1. The molecule has 1 aromatic carbocycles. The maximum Gasteiger partial charge on any atom is 0.101 e. The molecular weight excluding hydrogens is 276 g/mol. The van der Waals surface area contributed by atoms with Gasteiger partial charge < -0.3 is 10.1 Å². The maximum atomic E-state index is 9.26. The summed E-state index contributed by atoms with van der Waals surface area (Å²) in [7, 11) is 1.67. The number of rotatable bonds is 6. The number of halogens is 1. The summed E-state index contributed by atoms with van der Waals surface area (Å²) in [5, 5.41) is 17.1. The van der Waals surface area contributed by atoms with Crippen LogP contribution in [-0.4, -0.2) is 30.0 Å². The van der Waals surface area contributed by atoms with Gasteiger partial charge in [-0.05, 0) is 17.7 Å². The van der Waals surface area contributed by atoms with Gasteiger partial charge in [0.15, 0.2) is 0 Å². The van der Waals surface area contributed by atoms with Crippen molar-refractivity contribution in [3.8, 4) is 11.8 Å². The summed E-state index contributed by atoms with van der Waals surface area (Å²) < 4.78 is 6.57. The monoisotopic (exact) mass is 290 g/mol. The minimum Gasteiger partial charge on any atom is -0.383 e. The number of hydrogen-bond acceptors (Lipinski definition) is 4. The molecule has 2 aromatic rings. The third-order valence-corrected chi connectivity index (χ3v) is 2.99. The fourth-order valence-corrected chi connectivity index (χ4v) is 1.96. The van der Waals surface area contributed by atoms with E-state index in [1.807, 2.05) is 18.2 Å². The Morgan fingerprint density at radius 1 is 1.50 bits per heavy atom. The Bertz CT molecular complexity index is 618. The zero-order chi connectivity index (χ0) is 14.4. The summed E-state index contributed by atoms with van der Waals surface area (Å²) in [5.74, 6) is 0. The largest absolute Gasteiger partial charge is 0.383 e. The third kappa shape index (κ3) is 3.58. The summed E-state index contributed by atoms with van der Waals surface area (Å²) >= 11 is 5.85. The highest BCUT2D eigenvalue weighted by Crippen LogP contribution is 2.17. The number of nitrogens with one attached hydrogen (secondary N) is 1. The molecule has 1 heterocycles. The zero-order valence-electron chi connectivity index (χ0n) is 11.1. The first-order chi connectivity index (χ1) is 9.74. The lowest BCUT2D eigenvalue weighted by atomic mass is 10.1. The molecule has 6 heteroatoms. The zero-order valence-corrected chi connectivity index (χ0v) is 11.9. The second-order valence-electron chi connectivity index (χ2n) is 4.24. The van der Waals surface area contributed by atoms with E-state index in [9.17, 15) is 5.26 Å². The van der Waals surface area contributed by atoms with Gasteiger partial charge >= 0.3 is 0 Å². The van der Waals surface area contributed by atoms with Gasteiger partial charge in [0.1, 0.15) is 6.07 Å². The Morgan fingerprint density at radius 3 is 3.00 bits per heavy atom. The van der Waals surface area contributed by atoms with Crippen molar-refractivity contribution in [3.63, 3.8) is 0 Å². The van der Waals surface area contributed by atoms with Crippen molar-refractivity contribution in [2.45, 2.75) is 6.54 Å². The van der Waals surface area contributed by atoms with Crippen molar-refractivity contribution >= 4 is 11.6 Å². The second-order valence-corrected chi connectivity index (χ2v) is 4.67. The quantitative estimate of drug-likeness (QED) is 0.828. The van der Waals surface area contributed by atoms with Crippen LogP contribution in [0, 0.1) is 11.3 Å². The predicted octanol–water partition coefficient (Wildman–Crippen LogP) is 2.13. The number of ether oxygens (including phenoxy) is 1. The smallest absolute Gasteiger partial charge is 0.101 e. The number of benzene rings is 1. The fraction of sp³-hybridized carbons (Fsp3) is 0.286. The first-order valence-electron chi connectivity index (χ1n) is 6.18. The standard InChI is InChI=1S/C14H15ClN4O/c1-20-5-4-17-8-11-2-3-14(12(6-11)7-16)19-10-13(15)9-18-19/h2-3,6,9-10,17H,4-5,8H2,1H3. The lowest BCUT2D eigenvalue weighted by Crippen LogP contribution is -2.18. The molecule has 0 aliphatic carbocycles. The van der Waals surface area contributed by atoms with Gasteiger partial charge in [-0.15, -0.1) is 0 Å². The fourth-order valence-electron chi connectivity index (χ4n) is 1.82. The van der Waals surface area contributed by atoms with E-state index < -0.39 is 0 Å². The molecule has 104 valence electrons. The van der Waals surface area contributed by atoms with Crippen LogP contribution in [0.3, 0.4) is 0 Å². The molecule has 0 radical (unpaired) electrons. The maximum absolute atomic E-state index is 9.26. The molecule has 0 saturated carbocycles. The van der Waals surface area contributed by atoms with Crippen LogP contribution in [0.25, 0.3) is 5.69 Å². The Kier molecular flexibility index (Phi) is 5.13. The van der Waals surface area contributed by atoms with Crippen LogP contribution in [-0.2, 0) is 11.3 Å². The molecular formula is C14H15ClN4O. The van der Waals surface area contributed by atoms with Crippen LogP contribution < -0.4 is 5.32 Å². The summed E-state index contributed by atoms with van der Waals surface area (Å²) in [6.07, 6.45) is 3.22. The average Bonchev–Trinajstić information content (AvgIpc) is 2.90. The topological polar surface area (TPSA) is 62.9 Å². The van der Waals surface area contributed by atoms with E-state index in [1.54, 1.807) is 24.2 Å². The van der Waals surface area contributed by atoms with Crippen molar-refractivity contribution in [2.75, 3.05) is 20.3 Å². The molecule has 5 nitrogen and oxygen atoms in total. The molecule has 1 aromatic heterocycles. The number of nitriles is 1. The second kappa shape index (κ2) is 7.06. The molecule has 0 aliphatic heterocycles.